The Bertz CT molecular complexity index is 733. The molecule has 114 valence electrons. The van der Waals surface area contributed by atoms with Crippen molar-refractivity contribution in [1.82, 2.24) is 5.43 Å². The van der Waals surface area contributed by atoms with Crippen molar-refractivity contribution < 1.29 is 19.1 Å². The van der Waals surface area contributed by atoms with Crippen LogP contribution in [0, 0.1) is 5.92 Å². The third-order valence-electron chi connectivity index (χ3n) is 3.84. The molecule has 1 saturated heterocycles. The van der Waals surface area contributed by atoms with E-state index >= 15 is 0 Å². The number of methoxy groups -OCH3 is 1. The second-order valence-electron chi connectivity index (χ2n) is 5.19. The fourth-order valence-corrected chi connectivity index (χ4v) is 2.89. The molecule has 0 spiro atoms. The summed E-state index contributed by atoms with van der Waals surface area (Å²) in [6.07, 6.45) is 0. The molecule has 0 bridgehead atoms. The summed E-state index contributed by atoms with van der Waals surface area (Å²) in [6, 6.07) is 6.38. The van der Waals surface area contributed by atoms with E-state index in [4.69, 9.17) is 11.6 Å². The van der Waals surface area contributed by atoms with Gasteiger partial charge >= 0.3 is 5.97 Å². The first-order valence-electron chi connectivity index (χ1n) is 6.47. The number of fused-ring (bicyclic) bond motifs is 1. The van der Waals surface area contributed by atoms with Gasteiger partial charge in [0, 0.05) is 5.02 Å². The predicted molar refractivity (Wildman–Crippen MR) is 78.4 cm³/mol. The summed E-state index contributed by atoms with van der Waals surface area (Å²) < 4.78 is 4.62. The molecule has 0 unspecified atom stereocenters. The lowest BCUT2D eigenvalue weighted by molar-refractivity contribution is -0.133. The summed E-state index contributed by atoms with van der Waals surface area (Å²) in [5.74, 6) is -2.79. The summed E-state index contributed by atoms with van der Waals surface area (Å²) >= 11 is 5.91. The largest absolute Gasteiger partial charge is 0.464 e. The number of halogens is 1. The van der Waals surface area contributed by atoms with E-state index in [1.165, 1.54) is 20.1 Å². The highest BCUT2D eigenvalue weighted by molar-refractivity contribution is 6.47. The molecule has 0 radical (unpaired) electrons. The Labute approximate surface area is 130 Å². The van der Waals surface area contributed by atoms with E-state index in [2.05, 4.69) is 15.3 Å². The summed E-state index contributed by atoms with van der Waals surface area (Å²) in [4.78, 5) is 38.1. The van der Waals surface area contributed by atoms with Gasteiger partial charge in [-0.15, -0.1) is 0 Å². The number of esters is 1. The molecule has 2 heterocycles. The van der Waals surface area contributed by atoms with Crippen molar-refractivity contribution in [3.63, 3.8) is 0 Å². The van der Waals surface area contributed by atoms with E-state index in [0.29, 0.717) is 10.7 Å². The van der Waals surface area contributed by atoms with Gasteiger partial charge < -0.3 is 4.74 Å². The van der Waals surface area contributed by atoms with E-state index in [-0.39, 0.29) is 5.71 Å². The SMILES string of the molecule is COC(=O)C1=NN[C@@]2(C)C(=O)N(c3cccc(Cl)c3)C(=O)[C@H]12. The maximum absolute atomic E-state index is 12.7. The smallest absolute Gasteiger partial charge is 0.355 e. The first-order chi connectivity index (χ1) is 10.4. The number of imide groups is 1. The Balaban J connectivity index is 2.05. The van der Waals surface area contributed by atoms with Crippen LogP contribution < -0.4 is 10.3 Å². The monoisotopic (exact) mass is 321 g/mol. The molecule has 22 heavy (non-hydrogen) atoms. The van der Waals surface area contributed by atoms with Crippen molar-refractivity contribution in [3.8, 4) is 0 Å². The van der Waals surface area contributed by atoms with Gasteiger partial charge in [-0.25, -0.2) is 9.69 Å². The Kier molecular flexibility index (Phi) is 3.17. The van der Waals surface area contributed by atoms with E-state index in [9.17, 15) is 14.4 Å². The second-order valence-corrected chi connectivity index (χ2v) is 5.63. The Morgan fingerprint density at radius 1 is 1.45 bits per heavy atom. The molecule has 0 aromatic heterocycles. The number of hydrogen-bond donors (Lipinski definition) is 1. The van der Waals surface area contributed by atoms with E-state index < -0.39 is 29.2 Å². The second kappa shape index (κ2) is 4.81. The summed E-state index contributed by atoms with van der Waals surface area (Å²) in [6.45, 7) is 1.53. The molecule has 1 aromatic rings. The summed E-state index contributed by atoms with van der Waals surface area (Å²) in [5, 5.41) is 4.21. The van der Waals surface area contributed by atoms with E-state index in [1.54, 1.807) is 18.2 Å². The van der Waals surface area contributed by atoms with Crippen molar-refractivity contribution in [2.75, 3.05) is 12.0 Å². The Morgan fingerprint density at radius 2 is 2.18 bits per heavy atom. The number of rotatable bonds is 2. The third-order valence-corrected chi connectivity index (χ3v) is 4.07. The number of nitrogens with zero attached hydrogens (tertiary/aromatic N) is 2. The third kappa shape index (κ3) is 1.82. The molecule has 2 aliphatic heterocycles. The van der Waals surface area contributed by atoms with Crippen LogP contribution >= 0.6 is 11.6 Å². The topological polar surface area (TPSA) is 88.1 Å². The molecule has 1 fully saturated rings. The zero-order chi connectivity index (χ0) is 16.1. The minimum absolute atomic E-state index is 0.104. The standard InChI is InChI=1S/C14H12ClN3O4/c1-14-9(10(16-17-14)12(20)22-2)11(19)18(13(14)21)8-5-3-4-7(15)6-8/h3-6,9,17H,1-2H3/t9-,14+/m0/s1. The molecule has 8 heteroatoms. The van der Waals surface area contributed by atoms with Gasteiger partial charge in [0.2, 0.25) is 5.91 Å². The summed E-state index contributed by atoms with van der Waals surface area (Å²) in [5.41, 5.74) is 1.54. The predicted octanol–water partition coefficient (Wildman–Crippen LogP) is 0.720. The van der Waals surface area contributed by atoms with Crippen LogP contribution in [0.25, 0.3) is 0 Å². The highest BCUT2D eigenvalue weighted by Crippen LogP contribution is 2.38. The first kappa shape index (κ1) is 14.5. The van der Waals surface area contributed by atoms with Gasteiger partial charge in [-0.1, -0.05) is 17.7 Å². The van der Waals surface area contributed by atoms with Crippen molar-refractivity contribution in [3.05, 3.63) is 29.3 Å². The number of nitrogens with one attached hydrogen (secondary N) is 1. The van der Waals surface area contributed by atoms with Gasteiger partial charge in [-0.3, -0.25) is 15.0 Å². The molecular formula is C14H12ClN3O4. The van der Waals surface area contributed by atoms with Crippen LogP contribution in [0.15, 0.2) is 29.4 Å². The highest BCUT2D eigenvalue weighted by atomic mass is 35.5. The zero-order valence-electron chi connectivity index (χ0n) is 11.8. The number of carbonyl (C=O) groups is 3. The van der Waals surface area contributed by atoms with E-state index in [0.717, 1.165) is 4.90 Å². The lowest BCUT2D eigenvalue weighted by Gasteiger charge is -2.20. The number of ether oxygens (including phenoxy) is 1. The lowest BCUT2D eigenvalue weighted by atomic mass is 9.86. The number of anilines is 1. The molecule has 7 nitrogen and oxygen atoms in total. The molecule has 2 amide bonds. The van der Waals surface area contributed by atoms with Crippen molar-refractivity contribution in [2.24, 2.45) is 11.0 Å². The maximum Gasteiger partial charge on any atom is 0.355 e. The van der Waals surface area contributed by atoms with Crippen LogP contribution in [0.2, 0.25) is 5.02 Å². The fraction of sp³-hybridized carbons (Fsp3) is 0.286. The van der Waals surface area contributed by atoms with E-state index in [1.807, 2.05) is 0 Å². The maximum atomic E-state index is 12.7. The van der Waals surface area contributed by atoms with Crippen molar-refractivity contribution in [2.45, 2.75) is 12.5 Å². The minimum atomic E-state index is -1.30. The van der Waals surface area contributed by atoms with Gasteiger partial charge in [-0.2, -0.15) is 5.10 Å². The van der Waals surface area contributed by atoms with Crippen LogP contribution in [-0.4, -0.2) is 36.1 Å². The number of benzene rings is 1. The number of amides is 2. The fourth-order valence-electron chi connectivity index (χ4n) is 2.70. The summed E-state index contributed by atoms with van der Waals surface area (Å²) in [7, 11) is 1.19. The average molecular weight is 322 g/mol. The van der Waals surface area contributed by atoms with Crippen LogP contribution in [0.3, 0.4) is 0 Å². The molecule has 2 aliphatic rings. The molecule has 3 rings (SSSR count). The molecule has 0 aliphatic carbocycles. The molecule has 2 atom stereocenters. The van der Waals surface area contributed by atoms with Crippen molar-refractivity contribution >= 4 is 40.8 Å². The lowest BCUT2D eigenvalue weighted by Crippen LogP contribution is -2.48. The van der Waals surface area contributed by atoms with Gasteiger partial charge in [0.25, 0.3) is 5.91 Å². The van der Waals surface area contributed by atoms with Gasteiger partial charge in [0.1, 0.15) is 11.5 Å². The molecule has 0 saturated carbocycles. The molecule has 1 N–H and O–H groups in total. The van der Waals surface area contributed by atoms with Crippen LogP contribution in [0.5, 0.6) is 0 Å². The Morgan fingerprint density at radius 3 is 2.82 bits per heavy atom. The quantitative estimate of drug-likeness (QED) is 0.640. The highest BCUT2D eigenvalue weighted by Gasteiger charge is 2.63. The zero-order valence-corrected chi connectivity index (χ0v) is 12.5. The van der Waals surface area contributed by atoms with Gasteiger partial charge in [0.05, 0.1) is 12.8 Å². The average Bonchev–Trinajstić information content (AvgIpc) is 2.93. The van der Waals surface area contributed by atoms with Crippen LogP contribution in [0.1, 0.15) is 6.92 Å². The van der Waals surface area contributed by atoms with Crippen LogP contribution in [0.4, 0.5) is 5.69 Å². The Hall–Kier alpha value is -2.41. The minimum Gasteiger partial charge on any atom is -0.464 e. The van der Waals surface area contributed by atoms with Crippen LogP contribution in [-0.2, 0) is 19.1 Å². The number of hydrogen-bond acceptors (Lipinski definition) is 6. The first-order valence-corrected chi connectivity index (χ1v) is 6.85. The van der Waals surface area contributed by atoms with Crippen molar-refractivity contribution in [1.29, 1.82) is 0 Å². The normalized spacial score (nSPS) is 26.6. The van der Waals surface area contributed by atoms with Gasteiger partial charge in [-0.05, 0) is 25.1 Å². The molecule has 1 aromatic carbocycles. The molecular weight excluding hydrogens is 310 g/mol. The number of hydrazone groups is 1. The number of carbonyl (C=O) groups excluding carboxylic acids is 3. The van der Waals surface area contributed by atoms with Gasteiger partial charge in [0.15, 0.2) is 5.71 Å².